The van der Waals surface area contributed by atoms with Gasteiger partial charge in [-0.2, -0.15) is 4.98 Å². The van der Waals surface area contributed by atoms with Crippen LogP contribution < -0.4 is 10.6 Å². The molecule has 0 aromatic carbocycles. The first kappa shape index (κ1) is 16.5. The van der Waals surface area contributed by atoms with Gasteiger partial charge in [-0.15, -0.1) is 0 Å². The van der Waals surface area contributed by atoms with E-state index in [1.807, 2.05) is 11.0 Å². The zero-order chi connectivity index (χ0) is 15.8. The summed E-state index contributed by atoms with van der Waals surface area (Å²) in [6.45, 7) is 7.36. The van der Waals surface area contributed by atoms with Gasteiger partial charge in [-0.25, -0.2) is 4.98 Å². The SMILES string of the molecule is CCCCNc1nccc(NCC2CCN(C(C)=O)CC2)n1. The van der Waals surface area contributed by atoms with E-state index in [2.05, 4.69) is 27.5 Å². The van der Waals surface area contributed by atoms with Crippen molar-refractivity contribution >= 4 is 17.7 Å². The number of rotatable bonds is 7. The lowest BCUT2D eigenvalue weighted by Gasteiger charge is -2.31. The molecule has 0 saturated carbocycles. The fourth-order valence-corrected chi connectivity index (χ4v) is 2.62. The molecule has 0 aliphatic carbocycles. The quantitative estimate of drug-likeness (QED) is 0.757. The highest BCUT2D eigenvalue weighted by Gasteiger charge is 2.20. The predicted molar refractivity (Wildman–Crippen MR) is 88.9 cm³/mol. The summed E-state index contributed by atoms with van der Waals surface area (Å²) in [7, 11) is 0. The Balaban J connectivity index is 1.75. The molecular weight excluding hydrogens is 278 g/mol. The van der Waals surface area contributed by atoms with Crippen LogP contribution >= 0.6 is 0 Å². The summed E-state index contributed by atoms with van der Waals surface area (Å²) in [6.07, 6.45) is 6.17. The first-order valence-electron chi connectivity index (χ1n) is 8.25. The number of hydrogen-bond acceptors (Lipinski definition) is 5. The van der Waals surface area contributed by atoms with Crippen LogP contribution in [0.5, 0.6) is 0 Å². The Labute approximate surface area is 132 Å². The number of unbranched alkanes of at least 4 members (excludes halogenated alkanes) is 1. The molecule has 2 N–H and O–H groups in total. The molecule has 6 heteroatoms. The van der Waals surface area contributed by atoms with Crippen LogP contribution in [0.4, 0.5) is 11.8 Å². The van der Waals surface area contributed by atoms with Gasteiger partial charge >= 0.3 is 0 Å². The van der Waals surface area contributed by atoms with Gasteiger partial charge in [-0.1, -0.05) is 13.3 Å². The first-order valence-corrected chi connectivity index (χ1v) is 8.25. The third-order valence-electron chi connectivity index (χ3n) is 4.10. The summed E-state index contributed by atoms with van der Waals surface area (Å²) >= 11 is 0. The molecule has 1 saturated heterocycles. The topological polar surface area (TPSA) is 70.2 Å². The highest BCUT2D eigenvalue weighted by molar-refractivity contribution is 5.73. The Morgan fingerprint density at radius 2 is 2.14 bits per heavy atom. The van der Waals surface area contributed by atoms with Crippen molar-refractivity contribution in [2.75, 3.05) is 36.8 Å². The lowest BCUT2D eigenvalue weighted by atomic mass is 9.97. The molecule has 0 radical (unpaired) electrons. The van der Waals surface area contributed by atoms with Crippen molar-refractivity contribution < 1.29 is 4.79 Å². The molecule has 22 heavy (non-hydrogen) atoms. The van der Waals surface area contributed by atoms with Crippen LogP contribution in [0.25, 0.3) is 0 Å². The summed E-state index contributed by atoms with van der Waals surface area (Å²) in [4.78, 5) is 21.9. The maximum atomic E-state index is 11.3. The van der Waals surface area contributed by atoms with Gasteiger partial charge in [0.1, 0.15) is 5.82 Å². The minimum Gasteiger partial charge on any atom is -0.370 e. The van der Waals surface area contributed by atoms with Gasteiger partial charge in [0.25, 0.3) is 0 Å². The molecule has 1 aromatic rings. The number of piperidine rings is 1. The van der Waals surface area contributed by atoms with Gasteiger partial charge in [0.2, 0.25) is 11.9 Å². The summed E-state index contributed by atoms with van der Waals surface area (Å²) in [5.41, 5.74) is 0. The molecule has 1 aliphatic heterocycles. The average Bonchev–Trinajstić information content (AvgIpc) is 2.54. The van der Waals surface area contributed by atoms with E-state index in [0.717, 1.165) is 57.7 Å². The number of hydrogen-bond donors (Lipinski definition) is 2. The van der Waals surface area contributed by atoms with Gasteiger partial charge in [-0.3, -0.25) is 4.79 Å². The van der Waals surface area contributed by atoms with Gasteiger partial charge in [0.15, 0.2) is 0 Å². The number of carbonyl (C=O) groups is 1. The van der Waals surface area contributed by atoms with Crippen LogP contribution in [0.15, 0.2) is 12.3 Å². The van der Waals surface area contributed by atoms with E-state index in [1.54, 1.807) is 13.1 Å². The minimum absolute atomic E-state index is 0.185. The molecule has 1 aliphatic rings. The van der Waals surface area contributed by atoms with Crippen LogP contribution in [0.1, 0.15) is 39.5 Å². The highest BCUT2D eigenvalue weighted by atomic mass is 16.2. The number of likely N-dealkylation sites (tertiary alicyclic amines) is 1. The van der Waals surface area contributed by atoms with Gasteiger partial charge < -0.3 is 15.5 Å². The van der Waals surface area contributed by atoms with Crippen molar-refractivity contribution in [2.45, 2.75) is 39.5 Å². The van der Waals surface area contributed by atoms with E-state index >= 15 is 0 Å². The van der Waals surface area contributed by atoms with Crippen LogP contribution in [0.3, 0.4) is 0 Å². The van der Waals surface area contributed by atoms with Crippen molar-refractivity contribution in [3.63, 3.8) is 0 Å². The third-order valence-corrected chi connectivity index (χ3v) is 4.10. The van der Waals surface area contributed by atoms with Crippen molar-refractivity contribution in [2.24, 2.45) is 5.92 Å². The van der Waals surface area contributed by atoms with E-state index in [9.17, 15) is 4.79 Å². The van der Waals surface area contributed by atoms with Crippen molar-refractivity contribution in [1.82, 2.24) is 14.9 Å². The maximum absolute atomic E-state index is 11.3. The lowest BCUT2D eigenvalue weighted by Crippen LogP contribution is -2.38. The first-order chi connectivity index (χ1) is 10.7. The van der Waals surface area contributed by atoms with Crippen molar-refractivity contribution in [3.8, 4) is 0 Å². The summed E-state index contributed by atoms with van der Waals surface area (Å²) in [5.74, 6) is 2.33. The molecule has 1 fully saturated rings. The zero-order valence-electron chi connectivity index (χ0n) is 13.6. The van der Waals surface area contributed by atoms with Crippen molar-refractivity contribution in [3.05, 3.63) is 12.3 Å². The maximum Gasteiger partial charge on any atom is 0.224 e. The Hall–Kier alpha value is -1.85. The van der Waals surface area contributed by atoms with Gasteiger partial charge in [-0.05, 0) is 31.2 Å². The Morgan fingerprint density at radius 1 is 1.36 bits per heavy atom. The summed E-state index contributed by atoms with van der Waals surface area (Å²) in [6, 6.07) is 1.90. The largest absolute Gasteiger partial charge is 0.370 e. The van der Waals surface area contributed by atoms with E-state index in [4.69, 9.17) is 0 Å². The van der Waals surface area contributed by atoms with Crippen LogP contribution in [-0.4, -0.2) is 47.0 Å². The Morgan fingerprint density at radius 3 is 2.82 bits per heavy atom. The Kier molecular flexibility index (Phi) is 6.43. The molecule has 1 aromatic heterocycles. The van der Waals surface area contributed by atoms with E-state index in [-0.39, 0.29) is 5.91 Å². The van der Waals surface area contributed by atoms with Gasteiger partial charge in [0.05, 0.1) is 0 Å². The molecule has 2 heterocycles. The highest BCUT2D eigenvalue weighted by Crippen LogP contribution is 2.18. The van der Waals surface area contributed by atoms with Crippen LogP contribution in [0, 0.1) is 5.92 Å². The number of nitrogens with one attached hydrogen (secondary N) is 2. The zero-order valence-corrected chi connectivity index (χ0v) is 13.6. The number of anilines is 2. The summed E-state index contributed by atoms with van der Waals surface area (Å²) < 4.78 is 0. The van der Waals surface area contributed by atoms with Crippen molar-refractivity contribution in [1.29, 1.82) is 0 Å². The fourth-order valence-electron chi connectivity index (χ4n) is 2.62. The second-order valence-electron chi connectivity index (χ2n) is 5.88. The molecular formula is C16H27N5O. The normalized spacial score (nSPS) is 15.6. The van der Waals surface area contributed by atoms with E-state index < -0.39 is 0 Å². The molecule has 1 amide bonds. The molecule has 2 rings (SSSR count). The minimum atomic E-state index is 0.185. The molecule has 0 unspecified atom stereocenters. The number of amides is 1. The van der Waals surface area contributed by atoms with E-state index in [0.29, 0.717) is 11.9 Å². The number of nitrogens with zero attached hydrogens (tertiary/aromatic N) is 3. The average molecular weight is 305 g/mol. The van der Waals surface area contributed by atoms with Crippen LogP contribution in [0.2, 0.25) is 0 Å². The lowest BCUT2D eigenvalue weighted by molar-refractivity contribution is -0.130. The van der Waals surface area contributed by atoms with Crippen LogP contribution in [-0.2, 0) is 4.79 Å². The number of aromatic nitrogens is 2. The van der Waals surface area contributed by atoms with Gasteiger partial charge in [0, 0.05) is 39.3 Å². The second kappa shape index (κ2) is 8.56. The second-order valence-corrected chi connectivity index (χ2v) is 5.88. The molecule has 122 valence electrons. The summed E-state index contributed by atoms with van der Waals surface area (Å²) in [5, 5.41) is 6.63. The molecule has 0 atom stereocenters. The standard InChI is InChI=1S/C16H27N5O/c1-3-4-8-17-16-18-9-5-15(20-16)19-12-14-6-10-21(11-7-14)13(2)22/h5,9,14H,3-4,6-8,10-12H2,1-2H3,(H2,17,18,19,20). The molecule has 0 bridgehead atoms. The molecule has 0 spiro atoms. The molecule has 6 nitrogen and oxygen atoms in total. The third kappa shape index (κ3) is 5.16. The smallest absolute Gasteiger partial charge is 0.224 e. The fraction of sp³-hybridized carbons (Fsp3) is 0.688. The Bertz CT molecular complexity index is 471. The number of carbonyl (C=O) groups excluding carboxylic acids is 1. The predicted octanol–water partition coefficient (Wildman–Crippen LogP) is 2.36. The van der Waals surface area contributed by atoms with E-state index in [1.165, 1.54) is 0 Å². The monoisotopic (exact) mass is 305 g/mol.